The molecule has 0 spiro atoms. The van der Waals surface area contributed by atoms with Gasteiger partial charge in [0.15, 0.2) is 0 Å². The largest absolute Gasteiger partial charge is 0.376 e. The summed E-state index contributed by atoms with van der Waals surface area (Å²) in [6.07, 6.45) is 3.31. The number of hydrogen-bond acceptors (Lipinski definition) is 5. The van der Waals surface area contributed by atoms with Crippen molar-refractivity contribution in [1.29, 1.82) is 0 Å². The predicted octanol–water partition coefficient (Wildman–Crippen LogP) is 2.04. The number of nitrogens with zero attached hydrogens (tertiary/aromatic N) is 1. The van der Waals surface area contributed by atoms with Gasteiger partial charge in [0.1, 0.15) is 17.2 Å². The number of halogens is 1. The van der Waals surface area contributed by atoms with Crippen LogP contribution in [0.2, 0.25) is 0 Å². The van der Waals surface area contributed by atoms with E-state index >= 15 is 0 Å². The summed E-state index contributed by atoms with van der Waals surface area (Å²) in [7, 11) is 0. The fourth-order valence-corrected chi connectivity index (χ4v) is 2.26. The maximum Gasteiger partial charge on any atom is 0.253 e. The third kappa shape index (κ3) is 3.26. The Kier molecular flexibility index (Phi) is 4.14. The average Bonchev–Trinajstić information content (AvgIpc) is 2.58. The zero-order chi connectivity index (χ0) is 16.2. The maximum atomic E-state index is 13.1. The van der Waals surface area contributed by atoms with Crippen LogP contribution in [0, 0.1) is 5.82 Å². The standard InChI is InChI=1S/C17H14FN3O2/c18-13-3-1-2-12(8-13)10-21-15-14(16(22)17(15)23)20-9-11-4-6-19-7-5-11/h1-8,20-21H,9-10H2. The van der Waals surface area contributed by atoms with E-state index in [1.165, 1.54) is 12.1 Å². The van der Waals surface area contributed by atoms with Crippen molar-refractivity contribution in [3.05, 3.63) is 86.2 Å². The third-order valence-electron chi connectivity index (χ3n) is 3.49. The van der Waals surface area contributed by atoms with E-state index in [1.807, 2.05) is 12.1 Å². The fourth-order valence-electron chi connectivity index (χ4n) is 2.26. The molecule has 0 aliphatic carbocycles. The van der Waals surface area contributed by atoms with E-state index in [-0.39, 0.29) is 23.7 Å². The lowest BCUT2D eigenvalue weighted by Gasteiger charge is -2.15. The molecule has 0 amide bonds. The Morgan fingerprint density at radius 1 is 0.870 bits per heavy atom. The summed E-state index contributed by atoms with van der Waals surface area (Å²) in [5.74, 6) is -0.342. The normalized spacial score (nSPS) is 10.7. The first kappa shape index (κ1) is 14.9. The SMILES string of the molecule is O=c1c(NCc2ccncc2)c(NCc2cccc(F)c2)c1=O. The number of aromatic nitrogens is 1. The number of hydrogen-bond donors (Lipinski definition) is 2. The van der Waals surface area contributed by atoms with Crippen molar-refractivity contribution in [3.8, 4) is 0 Å². The topological polar surface area (TPSA) is 71.1 Å². The molecule has 0 bridgehead atoms. The first-order chi connectivity index (χ1) is 11.1. The number of anilines is 2. The van der Waals surface area contributed by atoms with Crippen molar-refractivity contribution >= 4 is 11.4 Å². The van der Waals surface area contributed by atoms with Gasteiger partial charge >= 0.3 is 0 Å². The molecule has 2 N–H and O–H groups in total. The summed E-state index contributed by atoms with van der Waals surface area (Å²) in [6, 6.07) is 9.70. The predicted molar refractivity (Wildman–Crippen MR) is 86.6 cm³/mol. The van der Waals surface area contributed by atoms with Crippen molar-refractivity contribution in [2.24, 2.45) is 0 Å². The van der Waals surface area contributed by atoms with Gasteiger partial charge in [0, 0.05) is 25.5 Å². The van der Waals surface area contributed by atoms with Crippen LogP contribution < -0.4 is 21.5 Å². The molecule has 23 heavy (non-hydrogen) atoms. The van der Waals surface area contributed by atoms with Gasteiger partial charge in [0.05, 0.1) is 0 Å². The van der Waals surface area contributed by atoms with E-state index < -0.39 is 10.9 Å². The Bertz CT molecular complexity index is 886. The number of benzene rings is 1. The highest BCUT2D eigenvalue weighted by Crippen LogP contribution is 2.17. The van der Waals surface area contributed by atoms with Crippen molar-refractivity contribution < 1.29 is 4.39 Å². The van der Waals surface area contributed by atoms with Gasteiger partial charge in [0.2, 0.25) is 0 Å². The highest BCUT2D eigenvalue weighted by atomic mass is 19.1. The van der Waals surface area contributed by atoms with Crippen LogP contribution in [-0.2, 0) is 13.1 Å². The van der Waals surface area contributed by atoms with Crippen LogP contribution in [-0.4, -0.2) is 4.98 Å². The Balaban J connectivity index is 1.68. The molecule has 0 atom stereocenters. The van der Waals surface area contributed by atoms with Gasteiger partial charge < -0.3 is 10.6 Å². The molecule has 0 fully saturated rings. The molecule has 0 aliphatic rings. The molecule has 0 radical (unpaired) electrons. The Morgan fingerprint density at radius 2 is 1.48 bits per heavy atom. The first-order valence-electron chi connectivity index (χ1n) is 7.09. The van der Waals surface area contributed by atoms with Crippen LogP contribution >= 0.6 is 0 Å². The van der Waals surface area contributed by atoms with Crippen molar-refractivity contribution in [1.82, 2.24) is 4.98 Å². The number of pyridine rings is 1. The second-order valence-corrected chi connectivity index (χ2v) is 5.10. The minimum Gasteiger partial charge on any atom is -0.376 e. The molecule has 0 aliphatic heterocycles. The van der Waals surface area contributed by atoms with Gasteiger partial charge in [-0.1, -0.05) is 12.1 Å². The molecule has 1 heterocycles. The molecular weight excluding hydrogens is 297 g/mol. The summed E-state index contributed by atoms with van der Waals surface area (Å²) in [5, 5.41) is 5.86. The minimum atomic E-state index is -0.557. The summed E-state index contributed by atoms with van der Waals surface area (Å²) < 4.78 is 13.1. The van der Waals surface area contributed by atoms with Crippen LogP contribution in [0.1, 0.15) is 11.1 Å². The highest BCUT2D eigenvalue weighted by molar-refractivity contribution is 5.74. The highest BCUT2D eigenvalue weighted by Gasteiger charge is 2.20. The molecule has 6 heteroatoms. The lowest BCUT2D eigenvalue weighted by Crippen LogP contribution is -2.37. The van der Waals surface area contributed by atoms with Gasteiger partial charge in [0.25, 0.3) is 10.9 Å². The van der Waals surface area contributed by atoms with Crippen LogP contribution in [0.5, 0.6) is 0 Å². The fraction of sp³-hybridized carbons (Fsp3) is 0.118. The molecule has 0 unspecified atom stereocenters. The van der Waals surface area contributed by atoms with Crippen molar-refractivity contribution in [2.45, 2.75) is 13.1 Å². The van der Waals surface area contributed by atoms with Crippen LogP contribution in [0.3, 0.4) is 0 Å². The second-order valence-electron chi connectivity index (χ2n) is 5.10. The van der Waals surface area contributed by atoms with Gasteiger partial charge in [-0.05, 0) is 35.4 Å². The molecule has 3 aromatic rings. The molecule has 0 saturated heterocycles. The van der Waals surface area contributed by atoms with Crippen LogP contribution in [0.4, 0.5) is 15.8 Å². The van der Waals surface area contributed by atoms with Crippen LogP contribution in [0.25, 0.3) is 0 Å². The van der Waals surface area contributed by atoms with Crippen molar-refractivity contribution in [3.63, 3.8) is 0 Å². The van der Waals surface area contributed by atoms with Crippen molar-refractivity contribution in [2.75, 3.05) is 10.6 Å². The summed E-state index contributed by atoms with van der Waals surface area (Å²) in [6.45, 7) is 0.689. The van der Waals surface area contributed by atoms with E-state index in [0.29, 0.717) is 12.1 Å². The Labute approximate surface area is 131 Å². The monoisotopic (exact) mass is 311 g/mol. The first-order valence-corrected chi connectivity index (χ1v) is 7.09. The van der Waals surface area contributed by atoms with Gasteiger partial charge in [-0.25, -0.2) is 4.39 Å². The minimum absolute atomic E-state index is 0.244. The smallest absolute Gasteiger partial charge is 0.253 e. The van der Waals surface area contributed by atoms with Gasteiger partial charge in [-0.15, -0.1) is 0 Å². The molecule has 116 valence electrons. The third-order valence-corrected chi connectivity index (χ3v) is 3.49. The summed E-state index contributed by atoms with van der Waals surface area (Å²) in [5.41, 5.74) is 1.05. The molecule has 2 aromatic carbocycles. The Hall–Kier alpha value is -3.02. The van der Waals surface area contributed by atoms with Crippen LogP contribution in [0.15, 0.2) is 58.4 Å². The average molecular weight is 311 g/mol. The molecule has 1 aromatic heterocycles. The molecule has 5 nitrogen and oxygen atoms in total. The lowest BCUT2D eigenvalue weighted by molar-refractivity contribution is 0.626. The maximum absolute atomic E-state index is 13.1. The van der Waals surface area contributed by atoms with Gasteiger partial charge in [-0.3, -0.25) is 14.6 Å². The summed E-state index contributed by atoms with van der Waals surface area (Å²) in [4.78, 5) is 27.3. The quantitative estimate of drug-likeness (QED) is 0.682. The lowest BCUT2D eigenvalue weighted by atomic mass is 10.1. The zero-order valence-corrected chi connectivity index (χ0v) is 12.2. The zero-order valence-electron chi connectivity index (χ0n) is 12.2. The Morgan fingerprint density at radius 3 is 2.09 bits per heavy atom. The van der Waals surface area contributed by atoms with E-state index in [4.69, 9.17) is 0 Å². The van der Waals surface area contributed by atoms with E-state index in [1.54, 1.807) is 24.5 Å². The summed E-state index contributed by atoms with van der Waals surface area (Å²) >= 11 is 0. The van der Waals surface area contributed by atoms with E-state index in [0.717, 1.165) is 5.56 Å². The van der Waals surface area contributed by atoms with E-state index in [9.17, 15) is 14.0 Å². The molecular formula is C17H14FN3O2. The molecule has 3 rings (SSSR count). The second kappa shape index (κ2) is 6.39. The van der Waals surface area contributed by atoms with Gasteiger partial charge in [-0.2, -0.15) is 0 Å². The molecule has 0 saturated carbocycles. The van der Waals surface area contributed by atoms with E-state index in [2.05, 4.69) is 15.6 Å². The number of rotatable bonds is 6. The number of nitrogens with one attached hydrogen (secondary N) is 2.